The Hall–Kier alpha value is -1.88. The van der Waals surface area contributed by atoms with Crippen LogP contribution < -0.4 is 0 Å². The Labute approximate surface area is 124 Å². The summed E-state index contributed by atoms with van der Waals surface area (Å²) in [4.78, 5) is 18.9. The van der Waals surface area contributed by atoms with Gasteiger partial charge in [-0.05, 0) is 32.4 Å². The lowest BCUT2D eigenvalue weighted by Crippen LogP contribution is -2.35. The summed E-state index contributed by atoms with van der Waals surface area (Å²) in [5.41, 5.74) is 1.88. The second-order valence-electron chi connectivity index (χ2n) is 5.89. The Bertz CT molecular complexity index is 650. The molecule has 21 heavy (non-hydrogen) atoms. The number of benzene rings is 1. The standard InChI is InChI=1S/C16H21N3O2/c1-11(16(21)18-8-7-13(9-18)12(2)20)19-10-17-14-5-3-4-6-15(14)19/h3-6,10-13,20H,7-9H2,1-2H3. The van der Waals surface area contributed by atoms with E-state index in [2.05, 4.69) is 4.98 Å². The maximum atomic E-state index is 12.7. The van der Waals surface area contributed by atoms with Crippen molar-refractivity contribution in [3.8, 4) is 0 Å². The first-order chi connectivity index (χ1) is 10.1. The Kier molecular flexibility index (Phi) is 3.68. The van der Waals surface area contributed by atoms with Crippen LogP contribution in [0.25, 0.3) is 11.0 Å². The van der Waals surface area contributed by atoms with E-state index in [1.807, 2.05) is 40.7 Å². The van der Waals surface area contributed by atoms with Crippen molar-refractivity contribution in [2.75, 3.05) is 13.1 Å². The van der Waals surface area contributed by atoms with Crippen LogP contribution in [0.1, 0.15) is 26.3 Å². The molecule has 112 valence electrons. The molecule has 1 aromatic heterocycles. The normalized spacial score (nSPS) is 21.7. The van der Waals surface area contributed by atoms with Crippen molar-refractivity contribution in [2.45, 2.75) is 32.4 Å². The number of aromatic nitrogens is 2. The first-order valence-electron chi connectivity index (χ1n) is 7.46. The number of likely N-dealkylation sites (tertiary alicyclic amines) is 1. The minimum absolute atomic E-state index is 0.0984. The van der Waals surface area contributed by atoms with E-state index in [1.165, 1.54) is 0 Å². The van der Waals surface area contributed by atoms with Crippen molar-refractivity contribution in [2.24, 2.45) is 5.92 Å². The molecule has 1 aliphatic rings. The van der Waals surface area contributed by atoms with Gasteiger partial charge in [-0.3, -0.25) is 4.79 Å². The van der Waals surface area contributed by atoms with E-state index in [9.17, 15) is 9.90 Å². The number of fused-ring (bicyclic) bond motifs is 1. The van der Waals surface area contributed by atoms with Crippen molar-refractivity contribution in [1.29, 1.82) is 0 Å². The van der Waals surface area contributed by atoms with Gasteiger partial charge < -0.3 is 14.6 Å². The molecule has 5 nitrogen and oxygen atoms in total. The summed E-state index contributed by atoms with van der Waals surface area (Å²) in [6.07, 6.45) is 2.25. The largest absolute Gasteiger partial charge is 0.393 e. The number of rotatable bonds is 3. The molecule has 3 atom stereocenters. The number of carbonyl (C=O) groups excluding carboxylic acids is 1. The highest BCUT2D eigenvalue weighted by molar-refractivity contribution is 5.83. The van der Waals surface area contributed by atoms with Crippen molar-refractivity contribution in [1.82, 2.24) is 14.5 Å². The molecule has 0 aliphatic carbocycles. The Morgan fingerprint density at radius 1 is 1.38 bits per heavy atom. The first-order valence-corrected chi connectivity index (χ1v) is 7.46. The SMILES string of the molecule is CC(O)C1CCN(C(=O)C(C)n2cnc3ccccc32)C1. The van der Waals surface area contributed by atoms with Crippen LogP contribution in [0.5, 0.6) is 0 Å². The van der Waals surface area contributed by atoms with Gasteiger partial charge in [0.2, 0.25) is 5.91 Å². The highest BCUT2D eigenvalue weighted by atomic mass is 16.3. The Morgan fingerprint density at radius 3 is 2.86 bits per heavy atom. The average molecular weight is 287 g/mol. The molecule has 1 saturated heterocycles. The van der Waals surface area contributed by atoms with Crippen LogP contribution in [-0.2, 0) is 4.79 Å². The first kappa shape index (κ1) is 14.1. The fraction of sp³-hybridized carbons (Fsp3) is 0.500. The highest BCUT2D eigenvalue weighted by Crippen LogP contribution is 2.24. The number of nitrogens with zero attached hydrogens (tertiary/aromatic N) is 3. The van der Waals surface area contributed by atoms with Gasteiger partial charge in [-0.25, -0.2) is 4.98 Å². The van der Waals surface area contributed by atoms with E-state index in [4.69, 9.17) is 0 Å². The number of hydrogen-bond donors (Lipinski definition) is 1. The zero-order chi connectivity index (χ0) is 15.0. The lowest BCUT2D eigenvalue weighted by molar-refractivity contribution is -0.133. The van der Waals surface area contributed by atoms with Gasteiger partial charge in [-0.1, -0.05) is 12.1 Å². The van der Waals surface area contributed by atoms with Gasteiger partial charge in [0.1, 0.15) is 6.04 Å². The van der Waals surface area contributed by atoms with Gasteiger partial charge >= 0.3 is 0 Å². The number of amides is 1. The van der Waals surface area contributed by atoms with Gasteiger partial charge in [-0.2, -0.15) is 0 Å². The maximum absolute atomic E-state index is 12.7. The van der Waals surface area contributed by atoms with Crippen molar-refractivity contribution >= 4 is 16.9 Å². The molecule has 3 unspecified atom stereocenters. The van der Waals surface area contributed by atoms with E-state index >= 15 is 0 Å². The van der Waals surface area contributed by atoms with Gasteiger partial charge in [0.25, 0.3) is 0 Å². The summed E-state index contributed by atoms with van der Waals surface area (Å²) in [6.45, 7) is 5.08. The summed E-state index contributed by atoms with van der Waals surface area (Å²) < 4.78 is 1.92. The summed E-state index contributed by atoms with van der Waals surface area (Å²) in [7, 11) is 0. The van der Waals surface area contributed by atoms with Crippen molar-refractivity contribution in [3.05, 3.63) is 30.6 Å². The number of aliphatic hydroxyl groups is 1. The zero-order valence-corrected chi connectivity index (χ0v) is 12.4. The molecule has 0 spiro atoms. The topological polar surface area (TPSA) is 58.4 Å². The molecule has 1 aromatic carbocycles. The molecule has 0 saturated carbocycles. The predicted octanol–water partition coefficient (Wildman–Crippen LogP) is 1.83. The van der Waals surface area contributed by atoms with Crippen LogP contribution in [-0.4, -0.2) is 44.7 Å². The van der Waals surface area contributed by atoms with Crippen molar-refractivity contribution < 1.29 is 9.90 Å². The Balaban J connectivity index is 1.79. The molecule has 2 heterocycles. The molecule has 0 bridgehead atoms. The monoisotopic (exact) mass is 287 g/mol. The second-order valence-corrected chi connectivity index (χ2v) is 5.89. The second kappa shape index (κ2) is 5.48. The van der Waals surface area contributed by atoms with Crippen LogP contribution in [0.15, 0.2) is 30.6 Å². The molecular weight excluding hydrogens is 266 g/mol. The van der Waals surface area contributed by atoms with Gasteiger partial charge in [0.05, 0.1) is 23.5 Å². The number of imidazole rings is 1. The quantitative estimate of drug-likeness (QED) is 0.937. The van der Waals surface area contributed by atoms with E-state index < -0.39 is 0 Å². The minimum atomic E-state index is -0.354. The molecule has 1 amide bonds. The number of aliphatic hydroxyl groups excluding tert-OH is 1. The van der Waals surface area contributed by atoms with Gasteiger partial charge in [0.15, 0.2) is 0 Å². The summed E-state index contributed by atoms with van der Waals surface area (Å²) in [5, 5.41) is 9.66. The number of hydrogen-bond acceptors (Lipinski definition) is 3. The zero-order valence-electron chi connectivity index (χ0n) is 12.4. The smallest absolute Gasteiger partial charge is 0.245 e. The molecule has 0 radical (unpaired) electrons. The van der Waals surface area contributed by atoms with Gasteiger partial charge in [-0.15, -0.1) is 0 Å². The molecule has 1 N–H and O–H groups in total. The summed E-state index contributed by atoms with van der Waals surface area (Å²) >= 11 is 0. The maximum Gasteiger partial charge on any atom is 0.245 e. The minimum Gasteiger partial charge on any atom is -0.393 e. The third kappa shape index (κ3) is 2.53. The van der Waals surface area contributed by atoms with E-state index in [0.717, 1.165) is 24.0 Å². The van der Waals surface area contributed by atoms with E-state index in [0.29, 0.717) is 6.54 Å². The fourth-order valence-corrected chi connectivity index (χ4v) is 3.05. The van der Waals surface area contributed by atoms with Crippen LogP contribution in [0.3, 0.4) is 0 Å². The third-order valence-corrected chi connectivity index (χ3v) is 4.47. The van der Waals surface area contributed by atoms with E-state index in [1.54, 1.807) is 13.3 Å². The van der Waals surface area contributed by atoms with E-state index in [-0.39, 0.29) is 24.0 Å². The van der Waals surface area contributed by atoms with Crippen molar-refractivity contribution in [3.63, 3.8) is 0 Å². The Morgan fingerprint density at radius 2 is 2.14 bits per heavy atom. The molecule has 1 aliphatic heterocycles. The predicted molar refractivity (Wildman–Crippen MR) is 80.8 cm³/mol. The summed E-state index contributed by atoms with van der Waals surface area (Å²) in [5.74, 6) is 0.294. The molecule has 3 rings (SSSR count). The fourth-order valence-electron chi connectivity index (χ4n) is 3.05. The third-order valence-electron chi connectivity index (χ3n) is 4.47. The summed E-state index contributed by atoms with van der Waals surface area (Å²) in [6, 6.07) is 7.55. The highest BCUT2D eigenvalue weighted by Gasteiger charge is 2.32. The van der Waals surface area contributed by atoms with Crippen LogP contribution in [0.2, 0.25) is 0 Å². The molecule has 2 aromatic rings. The molecular formula is C16H21N3O2. The molecule has 1 fully saturated rings. The average Bonchev–Trinajstić information content (AvgIpc) is 3.12. The number of carbonyl (C=O) groups is 1. The van der Waals surface area contributed by atoms with Gasteiger partial charge in [0, 0.05) is 19.0 Å². The lowest BCUT2D eigenvalue weighted by Gasteiger charge is -2.22. The van der Waals surface area contributed by atoms with Crippen LogP contribution in [0.4, 0.5) is 0 Å². The molecule has 5 heteroatoms. The number of para-hydroxylation sites is 2. The van der Waals surface area contributed by atoms with Crippen LogP contribution >= 0.6 is 0 Å². The van der Waals surface area contributed by atoms with Crippen LogP contribution in [0, 0.1) is 5.92 Å². The lowest BCUT2D eigenvalue weighted by atomic mass is 10.0.